The maximum atomic E-state index is 11.7. The molecule has 0 aromatic carbocycles. The van der Waals surface area contributed by atoms with Gasteiger partial charge in [-0.1, -0.05) is 6.07 Å². The fourth-order valence-electron chi connectivity index (χ4n) is 1.82. The van der Waals surface area contributed by atoms with Crippen LogP contribution in [0, 0.1) is 0 Å². The molecule has 0 aliphatic carbocycles. The average molecular weight is 247 g/mol. The van der Waals surface area contributed by atoms with E-state index in [9.17, 15) is 9.59 Å². The molecule has 1 saturated heterocycles. The van der Waals surface area contributed by atoms with E-state index in [0.717, 1.165) is 5.52 Å². The summed E-state index contributed by atoms with van der Waals surface area (Å²) < 4.78 is 1.87. The van der Waals surface area contributed by atoms with Crippen LogP contribution in [0.1, 0.15) is 11.1 Å². The molecular weight excluding hydrogens is 238 g/mol. The van der Waals surface area contributed by atoms with Gasteiger partial charge in [-0.25, -0.2) is 4.98 Å². The van der Waals surface area contributed by atoms with E-state index in [1.807, 2.05) is 28.8 Å². The number of carbonyl (C=O) groups excluding carboxylic acids is 2. The molecule has 2 aromatic heterocycles. The number of hydrogen-bond acceptors (Lipinski definition) is 4. The molecule has 3 rings (SSSR count). The van der Waals surface area contributed by atoms with Crippen molar-refractivity contribution in [3.63, 3.8) is 0 Å². The Kier molecular flexibility index (Phi) is 2.36. The number of aromatic nitrogens is 2. The highest BCUT2D eigenvalue weighted by atomic mass is 32.2. The summed E-state index contributed by atoms with van der Waals surface area (Å²) in [5.74, 6) is 0.424. The molecular formula is C11H9N3O2S. The molecule has 86 valence electrons. The Morgan fingerprint density at radius 2 is 2.29 bits per heavy atom. The summed E-state index contributed by atoms with van der Waals surface area (Å²) in [6.07, 6.45) is 3.58. The summed E-state index contributed by atoms with van der Waals surface area (Å²) in [5, 5.41) is 1.91. The minimum absolute atomic E-state index is 0.239. The van der Waals surface area contributed by atoms with Gasteiger partial charge in [0.15, 0.2) is 0 Å². The Morgan fingerprint density at radius 1 is 1.41 bits per heavy atom. The normalized spacial score (nSPS) is 20.6. The summed E-state index contributed by atoms with van der Waals surface area (Å²) in [7, 11) is 0. The molecule has 2 amide bonds. The number of imidazole rings is 1. The van der Waals surface area contributed by atoms with E-state index >= 15 is 0 Å². The van der Waals surface area contributed by atoms with Crippen molar-refractivity contribution in [2.75, 3.05) is 5.75 Å². The molecule has 0 spiro atoms. The monoisotopic (exact) mass is 247 g/mol. The van der Waals surface area contributed by atoms with E-state index in [4.69, 9.17) is 0 Å². The highest BCUT2D eigenvalue weighted by Crippen LogP contribution is 2.30. The standard InChI is InChI=1S/C11H9N3O2S/c15-8-6-17-9(11(16)13-8)10-12-5-7-3-1-2-4-14(7)10/h1-5,9H,6H2,(H,13,15,16). The van der Waals surface area contributed by atoms with Crippen molar-refractivity contribution in [2.45, 2.75) is 5.25 Å². The highest BCUT2D eigenvalue weighted by Gasteiger charge is 2.31. The van der Waals surface area contributed by atoms with E-state index in [1.165, 1.54) is 11.8 Å². The van der Waals surface area contributed by atoms with E-state index in [-0.39, 0.29) is 17.6 Å². The topological polar surface area (TPSA) is 63.5 Å². The molecule has 1 fully saturated rings. The first kappa shape index (κ1) is 10.3. The molecule has 17 heavy (non-hydrogen) atoms. The number of rotatable bonds is 1. The fraction of sp³-hybridized carbons (Fsp3) is 0.182. The summed E-state index contributed by atoms with van der Waals surface area (Å²) in [5.41, 5.74) is 0.938. The maximum absolute atomic E-state index is 11.7. The van der Waals surface area contributed by atoms with Crippen molar-refractivity contribution in [3.05, 3.63) is 36.4 Å². The van der Waals surface area contributed by atoms with Gasteiger partial charge in [-0.05, 0) is 12.1 Å². The SMILES string of the molecule is O=C1CSC(c2ncc3ccccn23)C(=O)N1. The lowest BCUT2D eigenvalue weighted by Crippen LogP contribution is -2.40. The Balaban J connectivity index is 2.04. The van der Waals surface area contributed by atoms with Crippen molar-refractivity contribution < 1.29 is 9.59 Å². The van der Waals surface area contributed by atoms with Crippen molar-refractivity contribution >= 4 is 29.1 Å². The van der Waals surface area contributed by atoms with E-state index in [0.29, 0.717) is 5.82 Å². The molecule has 3 heterocycles. The molecule has 1 aliphatic rings. The van der Waals surface area contributed by atoms with Gasteiger partial charge >= 0.3 is 0 Å². The number of nitrogens with zero attached hydrogens (tertiary/aromatic N) is 2. The van der Waals surface area contributed by atoms with Crippen molar-refractivity contribution in [1.29, 1.82) is 0 Å². The van der Waals surface area contributed by atoms with Crippen LogP contribution in [0.15, 0.2) is 30.6 Å². The number of carbonyl (C=O) groups is 2. The minimum atomic E-state index is -0.419. The van der Waals surface area contributed by atoms with Crippen LogP contribution < -0.4 is 5.32 Å². The number of imide groups is 1. The molecule has 1 unspecified atom stereocenters. The quantitative estimate of drug-likeness (QED) is 0.756. The van der Waals surface area contributed by atoms with Gasteiger partial charge < -0.3 is 4.40 Å². The molecule has 1 atom stereocenters. The second kappa shape index (κ2) is 3.89. The summed E-state index contributed by atoms with van der Waals surface area (Å²) in [4.78, 5) is 27.1. The van der Waals surface area contributed by atoms with Crippen LogP contribution in [-0.4, -0.2) is 27.0 Å². The van der Waals surface area contributed by atoms with Crippen molar-refractivity contribution in [3.8, 4) is 0 Å². The first-order chi connectivity index (χ1) is 8.25. The lowest BCUT2D eigenvalue weighted by atomic mass is 10.3. The third kappa shape index (κ3) is 1.70. The molecule has 5 nitrogen and oxygen atoms in total. The number of thioether (sulfide) groups is 1. The molecule has 0 saturated carbocycles. The summed E-state index contributed by atoms with van der Waals surface area (Å²) >= 11 is 1.31. The van der Waals surface area contributed by atoms with Crippen molar-refractivity contribution in [2.24, 2.45) is 0 Å². The van der Waals surface area contributed by atoms with Crippen LogP contribution >= 0.6 is 11.8 Å². The van der Waals surface area contributed by atoms with Gasteiger partial charge in [0.25, 0.3) is 0 Å². The van der Waals surface area contributed by atoms with Gasteiger partial charge in [0.1, 0.15) is 11.1 Å². The predicted octanol–water partition coefficient (Wildman–Crippen LogP) is 0.765. The molecule has 1 aliphatic heterocycles. The van der Waals surface area contributed by atoms with E-state index < -0.39 is 5.25 Å². The van der Waals surface area contributed by atoms with Crippen molar-refractivity contribution in [1.82, 2.24) is 14.7 Å². The van der Waals surface area contributed by atoms with Gasteiger partial charge in [-0.2, -0.15) is 0 Å². The molecule has 2 aromatic rings. The second-order valence-corrected chi connectivity index (χ2v) is 4.81. The van der Waals surface area contributed by atoms with Gasteiger partial charge in [-0.15, -0.1) is 11.8 Å². The highest BCUT2D eigenvalue weighted by molar-refractivity contribution is 8.01. The van der Waals surface area contributed by atoms with E-state index in [1.54, 1.807) is 6.20 Å². The van der Waals surface area contributed by atoms with Gasteiger partial charge in [0.2, 0.25) is 11.8 Å². The van der Waals surface area contributed by atoms with Crippen LogP contribution in [0.3, 0.4) is 0 Å². The summed E-state index contributed by atoms with van der Waals surface area (Å²) in [6.45, 7) is 0. The Morgan fingerprint density at radius 3 is 3.12 bits per heavy atom. The zero-order chi connectivity index (χ0) is 11.8. The zero-order valence-electron chi connectivity index (χ0n) is 8.79. The Hall–Kier alpha value is -1.82. The molecule has 6 heteroatoms. The van der Waals surface area contributed by atoms with Crippen LogP contribution in [-0.2, 0) is 9.59 Å². The predicted molar refractivity (Wildman–Crippen MR) is 63.5 cm³/mol. The van der Waals surface area contributed by atoms with E-state index in [2.05, 4.69) is 10.3 Å². The first-order valence-electron chi connectivity index (χ1n) is 5.13. The second-order valence-electron chi connectivity index (χ2n) is 3.72. The number of amides is 2. The zero-order valence-corrected chi connectivity index (χ0v) is 9.61. The van der Waals surface area contributed by atoms with Crippen LogP contribution in [0.4, 0.5) is 0 Å². The summed E-state index contributed by atoms with van der Waals surface area (Å²) in [6, 6.07) is 5.72. The van der Waals surface area contributed by atoms with Gasteiger partial charge in [0, 0.05) is 6.20 Å². The molecule has 0 bridgehead atoms. The lowest BCUT2D eigenvalue weighted by Gasteiger charge is -2.19. The Bertz CT molecular complexity index is 608. The fourth-order valence-corrected chi connectivity index (χ4v) is 2.75. The maximum Gasteiger partial charge on any atom is 0.247 e. The smallest absolute Gasteiger partial charge is 0.247 e. The third-order valence-electron chi connectivity index (χ3n) is 2.58. The Labute approximate surface area is 101 Å². The largest absolute Gasteiger partial charge is 0.302 e. The first-order valence-corrected chi connectivity index (χ1v) is 6.18. The third-order valence-corrected chi connectivity index (χ3v) is 3.77. The van der Waals surface area contributed by atoms with Crippen LogP contribution in [0.25, 0.3) is 5.52 Å². The van der Waals surface area contributed by atoms with Crippen LogP contribution in [0.2, 0.25) is 0 Å². The molecule has 1 N–H and O–H groups in total. The number of nitrogens with one attached hydrogen (secondary N) is 1. The number of hydrogen-bond donors (Lipinski definition) is 1. The number of pyridine rings is 1. The minimum Gasteiger partial charge on any atom is -0.302 e. The lowest BCUT2D eigenvalue weighted by molar-refractivity contribution is -0.129. The van der Waals surface area contributed by atoms with Gasteiger partial charge in [0.05, 0.1) is 17.5 Å². The van der Waals surface area contributed by atoms with Gasteiger partial charge in [-0.3, -0.25) is 14.9 Å². The number of fused-ring (bicyclic) bond motifs is 1. The average Bonchev–Trinajstić information content (AvgIpc) is 2.73. The van der Waals surface area contributed by atoms with Crippen LogP contribution in [0.5, 0.6) is 0 Å². The molecule has 0 radical (unpaired) electrons.